The van der Waals surface area contributed by atoms with Gasteiger partial charge >= 0.3 is 5.97 Å². The van der Waals surface area contributed by atoms with Crippen molar-refractivity contribution in [3.05, 3.63) is 28.3 Å². The Bertz CT molecular complexity index is 573. The van der Waals surface area contributed by atoms with Crippen molar-refractivity contribution >= 4 is 40.8 Å². The summed E-state index contributed by atoms with van der Waals surface area (Å²) in [6, 6.07) is 3.84. The zero-order valence-electron chi connectivity index (χ0n) is 14.1. The summed E-state index contributed by atoms with van der Waals surface area (Å²) in [5.41, 5.74) is 1.59. The van der Waals surface area contributed by atoms with Gasteiger partial charge in [-0.1, -0.05) is 82.4 Å². The summed E-state index contributed by atoms with van der Waals surface area (Å²) in [7, 11) is 0. The minimum absolute atomic E-state index is 0.0698. The molecule has 0 bridgehead atoms. The van der Waals surface area contributed by atoms with Crippen LogP contribution in [-0.4, -0.2) is 10.3 Å². The van der Waals surface area contributed by atoms with Crippen molar-refractivity contribution in [3.8, 4) is 5.75 Å². The molecule has 0 aliphatic carbocycles. The molecule has 0 N–H and O–H groups in total. The van der Waals surface area contributed by atoms with Gasteiger partial charge in [-0.05, 0) is 29.4 Å². The summed E-state index contributed by atoms with van der Waals surface area (Å²) in [6.07, 6.45) is 0. The Labute approximate surface area is 148 Å². The Balaban J connectivity index is 3.48. The van der Waals surface area contributed by atoms with Gasteiger partial charge in [-0.3, -0.25) is 0 Å². The fourth-order valence-corrected chi connectivity index (χ4v) is 2.20. The van der Waals surface area contributed by atoms with Gasteiger partial charge < -0.3 is 4.74 Å². The molecular formula is C17H23Cl3O2. The smallest absolute Gasteiger partial charge is 0.347 e. The minimum Gasteiger partial charge on any atom is -0.422 e. The van der Waals surface area contributed by atoms with Crippen molar-refractivity contribution < 1.29 is 9.53 Å². The van der Waals surface area contributed by atoms with Crippen molar-refractivity contribution in [2.24, 2.45) is 0 Å². The van der Waals surface area contributed by atoms with Gasteiger partial charge in [-0.15, -0.1) is 0 Å². The fraction of sp³-hybridized carbons (Fsp3) is 0.588. The van der Waals surface area contributed by atoms with Gasteiger partial charge in [-0.25, -0.2) is 4.79 Å². The molecule has 0 aliphatic rings. The van der Waals surface area contributed by atoms with Crippen molar-refractivity contribution in [1.29, 1.82) is 0 Å². The lowest BCUT2D eigenvalue weighted by Crippen LogP contribution is -2.29. The minimum atomic E-state index is -1.62. The van der Waals surface area contributed by atoms with E-state index in [1.807, 2.05) is 32.9 Å². The molecule has 0 saturated heterocycles. The van der Waals surface area contributed by atoms with Gasteiger partial charge in [-0.2, -0.15) is 0 Å². The summed E-state index contributed by atoms with van der Waals surface area (Å²) in [6.45, 7) is 13.8. The van der Waals surface area contributed by atoms with E-state index in [1.165, 1.54) is 6.92 Å². The van der Waals surface area contributed by atoms with Crippen LogP contribution in [-0.2, 0) is 15.6 Å². The highest BCUT2D eigenvalue weighted by molar-refractivity contribution is 6.57. The molecule has 0 amide bonds. The van der Waals surface area contributed by atoms with Crippen molar-refractivity contribution in [2.75, 3.05) is 0 Å². The normalized spacial score (nSPS) is 13.2. The predicted molar refractivity (Wildman–Crippen MR) is 94.6 cm³/mol. The Hall–Kier alpha value is -0.440. The van der Waals surface area contributed by atoms with Crippen molar-refractivity contribution in [3.63, 3.8) is 0 Å². The molecule has 1 rings (SSSR count). The number of halogens is 3. The average Bonchev–Trinajstić information content (AvgIpc) is 2.26. The van der Waals surface area contributed by atoms with E-state index < -0.39 is 10.3 Å². The topological polar surface area (TPSA) is 26.3 Å². The van der Waals surface area contributed by atoms with E-state index >= 15 is 0 Å². The monoisotopic (exact) mass is 364 g/mol. The zero-order chi connectivity index (χ0) is 17.5. The second-order valence-corrected chi connectivity index (χ2v) is 9.73. The average molecular weight is 366 g/mol. The molecule has 1 aromatic carbocycles. The number of rotatable bonds is 2. The second-order valence-electron chi connectivity index (χ2n) is 7.61. The molecular weight excluding hydrogens is 343 g/mol. The number of hydrogen-bond donors (Lipinski definition) is 0. The van der Waals surface area contributed by atoms with E-state index in [1.54, 1.807) is 0 Å². The van der Waals surface area contributed by atoms with Crippen LogP contribution in [0.1, 0.15) is 59.6 Å². The number of esters is 1. The van der Waals surface area contributed by atoms with E-state index in [2.05, 4.69) is 20.8 Å². The molecule has 0 saturated carbocycles. The number of carbonyl (C=O) groups excluding carboxylic acids is 1. The Morgan fingerprint density at radius 3 is 1.82 bits per heavy atom. The molecule has 0 radical (unpaired) electrons. The van der Waals surface area contributed by atoms with Crippen LogP contribution in [0, 0.1) is 0 Å². The Morgan fingerprint density at radius 1 is 0.955 bits per heavy atom. The SMILES string of the molecule is CC(Cl)(Cl)C(=O)Oc1c(Cl)cc(C(C)(C)C)cc1C(C)(C)C. The van der Waals surface area contributed by atoms with Crippen LogP contribution in [0.3, 0.4) is 0 Å². The van der Waals surface area contributed by atoms with E-state index in [4.69, 9.17) is 39.5 Å². The molecule has 0 aliphatic heterocycles. The van der Waals surface area contributed by atoms with Gasteiger partial charge in [0.15, 0.2) is 5.75 Å². The van der Waals surface area contributed by atoms with E-state index in [-0.39, 0.29) is 10.8 Å². The maximum atomic E-state index is 12.0. The molecule has 5 heteroatoms. The predicted octanol–water partition coefficient (Wildman–Crippen LogP) is 6.03. The van der Waals surface area contributed by atoms with Gasteiger partial charge in [0.2, 0.25) is 4.33 Å². The van der Waals surface area contributed by atoms with E-state index in [0.29, 0.717) is 10.8 Å². The number of ether oxygens (including phenoxy) is 1. The van der Waals surface area contributed by atoms with Crippen LogP contribution < -0.4 is 4.74 Å². The third kappa shape index (κ3) is 4.78. The first-order valence-electron chi connectivity index (χ1n) is 7.08. The maximum absolute atomic E-state index is 12.0. The highest BCUT2D eigenvalue weighted by atomic mass is 35.5. The lowest BCUT2D eigenvalue weighted by Gasteiger charge is -2.28. The largest absolute Gasteiger partial charge is 0.422 e. The highest BCUT2D eigenvalue weighted by Crippen LogP contribution is 2.41. The van der Waals surface area contributed by atoms with E-state index in [9.17, 15) is 4.79 Å². The first-order chi connectivity index (χ1) is 9.64. The highest BCUT2D eigenvalue weighted by Gasteiger charge is 2.33. The molecule has 22 heavy (non-hydrogen) atoms. The third-order valence-corrected chi connectivity index (χ3v) is 3.86. The maximum Gasteiger partial charge on any atom is 0.347 e. The number of hydrogen-bond acceptors (Lipinski definition) is 2. The van der Waals surface area contributed by atoms with Crippen LogP contribution in [0.15, 0.2) is 12.1 Å². The first-order valence-corrected chi connectivity index (χ1v) is 8.22. The summed E-state index contributed by atoms with van der Waals surface area (Å²) in [5, 5.41) is 0.378. The summed E-state index contributed by atoms with van der Waals surface area (Å²) in [4.78, 5) is 12.0. The zero-order valence-corrected chi connectivity index (χ0v) is 16.4. The summed E-state index contributed by atoms with van der Waals surface area (Å²) < 4.78 is 3.78. The molecule has 0 spiro atoms. The van der Waals surface area contributed by atoms with Gasteiger partial charge in [0.25, 0.3) is 0 Å². The first kappa shape index (κ1) is 19.6. The number of alkyl halides is 2. The third-order valence-electron chi connectivity index (χ3n) is 3.27. The Kier molecular flexibility index (Phi) is 5.54. The molecule has 0 fully saturated rings. The van der Waals surface area contributed by atoms with Crippen LogP contribution >= 0.6 is 34.8 Å². The number of carbonyl (C=O) groups is 1. The Morgan fingerprint density at radius 2 is 1.45 bits per heavy atom. The van der Waals surface area contributed by atoms with Crippen LogP contribution in [0.5, 0.6) is 5.75 Å². The summed E-state index contributed by atoms with van der Waals surface area (Å²) in [5.74, 6) is -0.425. The quantitative estimate of drug-likeness (QED) is 0.363. The van der Waals surface area contributed by atoms with Gasteiger partial charge in [0.05, 0.1) is 5.02 Å². The summed E-state index contributed by atoms with van der Waals surface area (Å²) >= 11 is 18.0. The molecule has 2 nitrogen and oxygen atoms in total. The molecule has 1 aromatic rings. The molecule has 0 heterocycles. The molecule has 124 valence electrons. The lowest BCUT2D eigenvalue weighted by molar-refractivity contribution is -0.134. The van der Waals surface area contributed by atoms with Crippen molar-refractivity contribution in [1.82, 2.24) is 0 Å². The van der Waals surface area contributed by atoms with Gasteiger partial charge in [0, 0.05) is 5.56 Å². The molecule has 0 aromatic heterocycles. The van der Waals surface area contributed by atoms with E-state index in [0.717, 1.165) is 11.1 Å². The molecule has 0 atom stereocenters. The fourth-order valence-electron chi connectivity index (χ4n) is 1.87. The molecule has 0 unspecified atom stereocenters. The van der Waals surface area contributed by atoms with Crippen LogP contribution in [0.25, 0.3) is 0 Å². The lowest BCUT2D eigenvalue weighted by atomic mass is 9.80. The van der Waals surface area contributed by atoms with Crippen molar-refractivity contribution in [2.45, 2.75) is 63.6 Å². The number of benzene rings is 1. The van der Waals surface area contributed by atoms with Gasteiger partial charge in [0.1, 0.15) is 0 Å². The standard InChI is InChI=1S/C17H23Cl3O2/c1-15(2,3)10-8-11(16(4,5)6)13(12(18)9-10)22-14(21)17(7,19)20/h8-9H,1-7H3. The second kappa shape index (κ2) is 6.22. The van der Waals surface area contributed by atoms with Crippen LogP contribution in [0.4, 0.5) is 0 Å². The van der Waals surface area contributed by atoms with Crippen LogP contribution in [0.2, 0.25) is 5.02 Å².